The number of hydrogen-bond donors (Lipinski definition) is 1. The van der Waals surface area contributed by atoms with Gasteiger partial charge in [0.2, 0.25) is 9.84 Å². The number of sulfone groups is 1. The lowest BCUT2D eigenvalue weighted by atomic mass is 10.2. The summed E-state index contributed by atoms with van der Waals surface area (Å²) in [6.45, 7) is -0.126. The molecular formula is C10H11NO4S. The second kappa shape index (κ2) is 3.89. The van der Waals surface area contributed by atoms with E-state index in [1.54, 1.807) is 18.2 Å². The van der Waals surface area contributed by atoms with E-state index in [0.29, 0.717) is 11.3 Å². The van der Waals surface area contributed by atoms with Crippen LogP contribution in [0.2, 0.25) is 0 Å². The molecule has 86 valence electrons. The van der Waals surface area contributed by atoms with Crippen LogP contribution in [0.15, 0.2) is 28.0 Å². The molecule has 0 spiro atoms. The Morgan fingerprint density at radius 1 is 1.38 bits per heavy atom. The summed E-state index contributed by atoms with van der Waals surface area (Å²) in [7, 11) is -1.98. The summed E-state index contributed by atoms with van der Waals surface area (Å²) < 4.78 is 29.0. The molecule has 16 heavy (non-hydrogen) atoms. The Bertz CT molecular complexity index is 548. The Morgan fingerprint density at radius 2 is 2.12 bits per heavy atom. The van der Waals surface area contributed by atoms with Crippen LogP contribution in [0, 0.1) is 0 Å². The van der Waals surface area contributed by atoms with Crippen LogP contribution in [0.1, 0.15) is 5.56 Å². The molecule has 1 aromatic rings. The molecule has 0 aromatic heterocycles. The van der Waals surface area contributed by atoms with Crippen molar-refractivity contribution in [3.8, 4) is 5.75 Å². The lowest BCUT2D eigenvalue weighted by Gasteiger charge is -2.04. The minimum absolute atomic E-state index is 0.126. The molecule has 1 aliphatic rings. The Hall–Kier alpha value is -1.37. The van der Waals surface area contributed by atoms with Gasteiger partial charge in [-0.15, -0.1) is 0 Å². The van der Waals surface area contributed by atoms with Gasteiger partial charge in [-0.3, -0.25) is 4.84 Å². The van der Waals surface area contributed by atoms with E-state index in [9.17, 15) is 8.42 Å². The van der Waals surface area contributed by atoms with Gasteiger partial charge in [0.25, 0.3) is 0 Å². The van der Waals surface area contributed by atoms with E-state index in [2.05, 4.69) is 4.84 Å². The predicted octanol–water partition coefficient (Wildman–Crippen LogP) is 0.714. The van der Waals surface area contributed by atoms with Crippen molar-refractivity contribution < 1.29 is 18.0 Å². The third kappa shape index (κ3) is 1.60. The van der Waals surface area contributed by atoms with Crippen molar-refractivity contribution in [1.82, 2.24) is 0 Å². The van der Waals surface area contributed by atoms with Gasteiger partial charge in [-0.1, -0.05) is 0 Å². The van der Waals surface area contributed by atoms with E-state index < -0.39 is 9.84 Å². The molecule has 1 heterocycles. The van der Waals surface area contributed by atoms with Crippen LogP contribution >= 0.6 is 0 Å². The molecule has 0 saturated carbocycles. The van der Waals surface area contributed by atoms with E-state index >= 15 is 0 Å². The molecule has 0 amide bonds. The third-order valence-corrected chi connectivity index (χ3v) is 4.26. The SMILES string of the molecule is COc1ccc2c(c1)S(=O)(=O)C(CON)=C2. The number of hydrogen-bond acceptors (Lipinski definition) is 5. The molecule has 5 nitrogen and oxygen atoms in total. The first-order valence-electron chi connectivity index (χ1n) is 4.55. The largest absolute Gasteiger partial charge is 0.497 e. The van der Waals surface area contributed by atoms with Gasteiger partial charge in [0.1, 0.15) is 12.4 Å². The van der Waals surface area contributed by atoms with Crippen LogP contribution in [0.5, 0.6) is 5.75 Å². The summed E-state index contributed by atoms with van der Waals surface area (Å²) in [6, 6.07) is 4.89. The average molecular weight is 241 g/mol. The average Bonchev–Trinajstić information content (AvgIpc) is 2.51. The molecule has 0 bridgehead atoms. The Labute approximate surface area is 93.3 Å². The van der Waals surface area contributed by atoms with Crippen molar-refractivity contribution in [3.63, 3.8) is 0 Å². The molecule has 2 N–H and O–H groups in total. The Balaban J connectivity index is 2.53. The Morgan fingerprint density at radius 3 is 2.75 bits per heavy atom. The van der Waals surface area contributed by atoms with E-state index in [1.807, 2.05) is 0 Å². The third-order valence-electron chi connectivity index (χ3n) is 2.40. The highest BCUT2D eigenvalue weighted by molar-refractivity contribution is 7.95. The second-order valence-electron chi connectivity index (χ2n) is 3.33. The number of benzene rings is 1. The first-order valence-corrected chi connectivity index (χ1v) is 6.03. The predicted molar refractivity (Wildman–Crippen MR) is 58.3 cm³/mol. The zero-order chi connectivity index (χ0) is 11.8. The van der Waals surface area contributed by atoms with Crippen molar-refractivity contribution in [2.45, 2.75) is 4.90 Å². The van der Waals surface area contributed by atoms with E-state index in [0.717, 1.165) is 0 Å². The molecular weight excluding hydrogens is 230 g/mol. The molecule has 0 unspecified atom stereocenters. The number of rotatable bonds is 3. The normalized spacial score (nSPS) is 16.8. The summed E-state index contributed by atoms with van der Waals surface area (Å²) in [6.07, 6.45) is 1.55. The number of nitrogens with two attached hydrogens (primary N) is 1. The zero-order valence-corrected chi connectivity index (χ0v) is 9.45. The van der Waals surface area contributed by atoms with Crippen LogP contribution in [-0.2, 0) is 14.7 Å². The maximum absolute atomic E-state index is 12.0. The highest BCUT2D eigenvalue weighted by Crippen LogP contribution is 2.34. The molecule has 0 saturated heterocycles. The summed E-state index contributed by atoms with van der Waals surface area (Å²) in [5, 5.41) is 0. The second-order valence-corrected chi connectivity index (χ2v) is 5.30. The highest BCUT2D eigenvalue weighted by atomic mass is 32.2. The highest BCUT2D eigenvalue weighted by Gasteiger charge is 2.29. The Kier molecular flexibility index (Phi) is 2.71. The lowest BCUT2D eigenvalue weighted by Crippen LogP contribution is -2.09. The lowest BCUT2D eigenvalue weighted by molar-refractivity contribution is 0.166. The van der Waals surface area contributed by atoms with Gasteiger partial charge in [-0.2, -0.15) is 0 Å². The zero-order valence-electron chi connectivity index (χ0n) is 8.64. The van der Waals surface area contributed by atoms with Crippen LogP contribution in [-0.4, -0.2) is 22.1 Å². The number of ether oxygens (including phenoxy) is 1. The summed E-state index contributed by atoms with van der Waals surface area (Å²) in [5.41, 5.74) is 0.632. The van der Waals surface area contributed by atoms with E-state index in [1.165, 1.54) is 13.2 Å². The standard InChI is InChI=1S/C10H11NO4S/c1-14-8-3-2-7-4-9(6-15-11)16(12,13)10(7)5-8/h2-5H,6,11H2,1H3. The molecule has 1 aliphatic heterocycles. The fourth-order valence-corrected chi connectivity index (χ4v) is 3.08. The minimum Gasteiger partial charge on any atom is -0.497 e. The first-order chi connectivity index (χ1) is 7.59. The first kappa shape index (κ1) is 11.1. The van der Waals surface area contributed by atoms with Crippen LogP contribution in [0.3, 0.4) is 0 Å². The maximum atomic E-state index is 12.0. The number of methoxy groups -OCH3 is 1. The molecule has 0 aliphatic carbocycles. The van der Waals surface area contributed by atoms with Crippen LogP contribution < -0.4 is 10.6 Å². The van der Waals surface area contributed by atoms with E-state index in [4.69, 9.17) is 10.6 Å². The smallest absolute Gasteiger partial charge is 0.205 e. The van der Waals surface area contributed by atoms with Crippen molar-refractivity contribution >= 4 is 15.9 Å². The molecule has 1 aromatic carbocycles. The minimum atomic E-state index is -3.47. The molecule has 6 heteroatoms. The van der Waals surface area contributed by atoms with Crippen molar-refractivity contribution in [2.75, 3.05) is 13.7 Å². The summed E-state index contributed by atoms with van der Waals surface area (Å²) in [5.74, 6) is 5.40. The monoisotopic (exact) mass is 241 g/mol. The van der Waals surface area contributed by atoms with Gasteiger partial charge in [0, 0.05) is 0 Å². The van der Waals surface area contributed by atoms with Gasteiger partial charge >= 0.3 is 0 Å². The molecule has 2 rings (SSSR count). The van der Waals surface area contributed by atoms with Gasteiger partial charge < -0.3 is 4.74 Å². The van der Waals surface area contributed by atoms with Crippen LogP contribution in [0.25, 0.3) is 6.08 Å². The number of fused-ring (bicyclic) bond motifs is 1. The van der Waals surface area contributed by atoms with Crippen molar-refractivity contribution in [1.29, 1.82) is 0 Å². The molecule has 0 atom stereocenters. The van der Waals surface area contributed by atoms with Crippen molar-refractivity contribution in [2.24, 2.45) is 5.90 Å². The van der Waals surface area contributed by atoms with Gasteiger partial charge in [-0.05, 0) is 29.8 Å². The van der Waals surface area contributed by atoms with Gasteiger partial charge in [-0.25, -0.2) is 14.3 Å². The van der Waals surface area contributed by atoms with Crippen molar-refractivity contribution in [3.05, 3.63) is 28.7 Å². The fraction of sp³-hybridized carbons (Fsp3) is 0.200. The van der Waals surface area contributed by atoms with E-state index in [-0.39, 0.29) is 16.4 Å². The molecule has 0 fully saturated rings. The van der Waals surface area contributed by atoms with Gasteiger partial charge in [0.15, 0.2) is 0 Å². The van der Waals surface area contributed by atoms with Gasteiger partial charge in [0.05, 0.1) is 16.9 Å². The quantitative estimate of drug-likeness (QED) is 0.788. The maximum Gasteiger partial charge on any atom is 0.205 e. The topological polar surface area (TPSA) is 78.6 Å². The summed E-state index contributed by atoms with van der Waals surface area (Å²) >= 11 is 0. The molecule has 0 radical (unpaired) electrons. The summed E-state index contributed by atoms with van der Waals surface area (Å²) in [4.78, 5) is 4.77. The fourth-order valence-electron chi connectivity index (χ4n) is 1.59. The van der Waals surface area contributed by atoms with Crippen LogP contribution in [0.4, 0.5) is 0 Å².